The molecule has 10 heteroatoms. The topological polar surface area (TPSA) is 85.8 Å². The Morgan fingerprint density at radius 2 is 1.91 bits per heavy atom. The zero-order valence-corrected chi connectivity index (χ0v) is 19.0. The molecular formula is C24H29F3N4O3. The Balaban J connectivity index is 1.69. The van der Waals surface area contributed by atoms with Crippen LogP contribution in [-0.2, 0) is 17.9 Å². The van der Waals surface area contributed by atoms with Crippen LogP contribution in [-0.4, -0.2) is 63.7 Å². The maximum absolute atomic E-state index is 12.9. The molecule has 2 amide bonds. The van der Waals surface area contributed by atoms with E-state index < -0.39 is 18.7 Å². The Morgan fingerprint density at radius 1 is 1.18 bits per heavy atom. The van der Waals surface area contributed by atoms with Crippen LogP contribution in [0.4, 0.5) is 18.0 Å². The van der Waals surface area contributed by atoms with E-state index >= 15 is 0 Å². The number of nitrogens with one attached hydrogen (secondary N) is 1. The van der Waals surface area contributed by atoms with Crippen LogP contribution in [0, 0.1) is 0 Å². The van der Waals surface area contributed by atoms with E-state index in [0.29, 0.717) is 39.0 Å². The van der Waals surface area contributed by atoms with E-state index in [1.54, 1.807) is 11.1 Å². The fourth-order valence-electron chi connectivity index (χ4n) is 4.07. The first-order valence-corrected chi connectivity index (χ1v) is 11.2. The summed E-state index contributed by atoms with van der Waals surface area (Å²) in [6.45, 7) is 2.66. The molecule has 0 saturated carbocycles. The second-order valence-corrected chi connectivity index (χ2v) is 8.50. The minimum Gasteiger partial charge on any atom is -0.465 e. The number of rotatable bonds is 8. The molecule has 2 heterocycles. The molecule has 1 saturated heterocycles. The number of carbonyl (C=O) groups is 2. The third-order valence-corrected chi connectivity index (χ3v) is 5.91. The van der Waals surface area contributed by atoms with Gasteiger partial charge in [0.2, 0.25) is 5.91 Å². The molecule has 184 valence electrons. The molecule has 0 spiro atoms. The molecule has 34 heavy (non-hydrogen) atoms. The SMILES string of the molecule is CC(=O)NCc1cccc(-c2ccc(CN(CCC(F)(F)F)C3CCN(C(=O)O)CC3)cn2)c1. The number of carboxylic acid groups (broad SMARTS) is 1. The second-order valence-electron chi connectivity index (χ2n) is 8.50. The third kappa shape index (κ3) is 7.72. The fraction of sp³-hybridized carbons (Fsp3) is 0.458. The van der Waals surface area contributed by atoms with E-state index in [-0.39, 0.29) is 18.5 Å². The normalized spacial score (nSPS) is 14.9. The van der Waals surface area contributed by atoms with E-state index in [0.717, 1.165) is 22.4 Å². The number of nitrogens with zero attached hydrogens (tertiary/aromatic N) is 3. The van der Waals surface area contributed by atoms with Gasteiger partial charge in [-0.3, -0.25) is 14.7 Å². The Bertz CT molecular complexity index is 974. The summed E-state index contributed by atoms with van der Waals surface area (Å²) in [6, 6.07) is 11.2. The lowest BCUT2D eigenvalue weighted by atomic mass is 10.0. The highest BCUT2D eigenvalue weighted by Gasteiger charge is 2.32. The Labute approximate surface area is 196 Å². The number of alkyl halides is 3. The lowest BCUT2D eigenvalue weighted by Gasteiger charge is -2.37. The number of halogens is 3. The minimum atomic E-state index is -4.26. The van der Waals surface area contributed by atoms with Crippen LogP contribution >= 0.6 is 0 Å². The number of pyridine rings is 1. The first kappa shape index (κ1) is 25.5. The number of hydrogen-bond acceptors (Lipinski definition) is 4. The summed E-state index contributed by atoms with van der Waals surface area (Å²) >= 11 is 0. The van der Waals surface area contributed by atoms with Gasteiger partial charge in [0.1, 0.15) is 0 Å². The fourth-order valence-corrected chi connectivity index (χ4v) is 4.07. The predicted octanol–water partition coefficient (Wildman–Crippen LogP) is 4.28. The van der Waals surface area contributed by atoms with Gasteiger partial charge in [-0.25, -0.2) is 4.79 Å². The molecule has 0 bridgehead atoms. The van der Waals surface area contributed by atoms with Gasteiger partial charge in [-0.2, -0.15) is 13.2 Å². The van der Waals surface area contributed by atoms with Gasteiger partial charge in [-0.15, -0.1) is 0 Å². The molecule has 0 aliphatic carbocycles. The van der Waals surface area contributed by atoms with Gasteiger partial charge in [0.15, 0.2) is 0 Å². The predicted molar refractivity (Wildman–Crippen MR) is 121 cm³/mol. The average Bonchev–Trinajstić information content (AvgIpc) is 2.80. The molecule has 1 aliphatic rings. The van der Waals surface area contributed by atoms with Gasteiger partial charge in [0.25, 0.3) is 0 Å². The summed E-state index contributed by atoms with van der Waals surface area (Å²) in [4.78, 5) is 29.9. The van der Waals surface area contributed by atoms with Crippen molar-refractivity contribution in [3.05, 3.63) is 53.7 Å². The summed E-state index contributed by atoms with van der Waals surface area (Å²) in [6.07, 6.45) is -3.51. The van der Waals surface area contributed by atoms with E-state index in [2.05, 4.69) is 10.3 Å². The van der Waals surface area contributed by atoms with Crippen molar-refractivity contribution in [3.63, 3.8) is 0 Å². The molecule has 1 aromatic carbocycles. The first-order valence-electron chi connectivity index (χ1n) is 11.2. The monoisotopic (exact) mass is 478 g/mol. The molecule has 0 radical (unpaired) electrons. The molecule has 0 unspecified atom stereocenters. The van der Waals surface area contributed by atoms with Crippen molar-refractivity contribution >= 4 is 12.0 Å². The van der Waals surface area contributed by atoms with Crippen molar-refractivity contribution in [3.8, 4) is 11.3 Å². The van der Waals surface area contributed by atoms with Crippen LogP contribution < -0.4 is 5.32 Å². The summed E-state index contributed by atoms with van der Waals surface area (Å²) in [5, 5.41) is 11.9. The van der Waals surface area contributed by atoms with Gasteiger partial charge in [-0.05, 0) is 36.1 Å². The van der Waals surface area contributed by atoms with Crippen molar-refractivity contribution in [2.75, 3.05) is 19.6 Å². The number of aromatic nitrogens is 1. The van der Waals surface area contributed by atoms with Crippen LogP contribution in [0.15, 0.2) is 42.6 Å². The lowest BCUT2D eigenvalue weighted by Crippen LogP contribution is -2.46. The van der Waals surface area contributed by atoms with Crippen molar-refractivity contribution < 1.29 is 27.9 Å². The van der Waals surface area contributed by atoms with Gasteiger partial charge in [0, 0.05) is 57.4 Å². The van der Waals surface area contributed by atoms with E-state index in [1.165, 1.54) is 11.8 Å². The molecule has 7 nitrogen and oxygen atoms in total. The largest absolute Gasteiger partial charge is 0.465 e. The average molecular weight is 479 g/mol. The van der Waals surface area contributed by atoms with E-state index in [4.69, 9.17) is 5.11 Å². The Kier molecular flexibility index (Phi) is 8.49. The number of hydrogen-bond donors (Lipinski definition) is 2. The first-order chi connectivity index (χ1) is 16.1. The number of carbonyl (C=O) groups excluding carboxylic acids is 1. The number of benzene rings is 1. The number of piperidine rings is 1. The molecular weight excluding hydrogens is 449 g/mol. The summed E-state index contributed by atoms with van der Waals surface area (Å²) < 4.78 is 38.7. The zero-order valence-electron chi connectivity index (χ0n) is 19.0. The minimum absolute atomic E-state index is 0.114. The van der Waals surface area contributed by atoms with Crippen molar-refractivity contribution in [1.82, 2.24) is 20.1 Å². The maximum Gasteiger partial charge on any atom is 0.407 e. The summed E-state index contributed by atoms with van der Waals surface area (Å²) in [5.41, 5.74) is 3.33. The van der Waals surface area contributed by atoms with Crippen LogP contribution in [0.5, 0.6) is 0 Å². The van der Waals surface area contributed by atoms with Crippen molar-refractivity contribution in [1.29, 1.82) is 0 Å². The number of likely N-dealkylation sites (tertiary alicyclic amines) is 1. The molecule has 1 aliphatic heterocycles. The van der Waals surface area contributed by atoms with Crippen molar-refractivity contribution in [2.45, 2.75) is 51.5 Å². The Hall–Kier alpha value is -3.14. The van der Waals surface area contributed by atoms with E-state index in [1.807, 2.05) is 36.4 Å². The van der Waals surface area contributed by atoms with Crippen LogP contribution in [0.25, 0.3) is 11.3 Å². The number of amides is 2. The lowest BCUT2D eigenvalue weighted by molar-refractivity contribution is -0.140. The van der Waals surface area contributed by atoms with Gasteiger partial charge in [0.05, 0.1) is 12.1 Å². The second kappa shape index (κ2) is 11.3. The standard InChI is InChI=1S/C24H29F3N4O3/c1-17(32)28-14-18-3-2-4-20(13-18)22-6-5-19(15-29-22)16-31(12-9-24(25,26)27)21-7-10-30(11-8-21)23(33)34/h2-6,13,15,21H,7-12,14,16H2,1H3,(H,28,32)(H,33,34). The Morgan fingerprint density at radius 3 is 2.50 bits per heavy atom. The molecule has 1 fully saturated rings. The highest BCUT2D eigenvalue weighted by Crippen LogP contribution is 2.25. The summed E-state index contributed by atoms with van der Waals surface area (Å²) in [7, 11) is 0. The van der Waals surface area contributed by atoms with Crippen molar-refractivity contribution in [2.24, 2.45) is 0 Å². The van der Waals surface area contributed by atoms with Gasteiger partial charge in [-0.1, -0.05) is 24.3 Å². The van der Waals surface area contributed by atoms with E-state index in [9.17, 15) is 22.8 Å². The van der Waals surface area contributed by atoms with Crippen LogP contribution in [0.2, 0.25) is 0 Å². The van der Waals surface area contributed by atoms with Gasteiger partial charge >= 0.3 is 12.3 Å². The third-order valence-electron chi connectivity index (χ3n) is 5.91. The molecule has 3 rings (SSSR count). The van der Waals surface area contributed by atoms with Crippen LogP contribution in [0.1, 0.15) is 37.3 Å². The molecule has 2 aromatic rings. The molecule has 0 atom stereocenters. The molecule has 1 aromatic heterocycles. The highest BCUT2D eigenvalue weighted by atomic mass is 19.4. The van der Waals surface area contributed by atoms with Gasteiger partial charge < -0.3 is 15.3 Å². The zero-order chi connectivity index (χ0) is 24.7. The quantitative estimate of drug-likeness (QED) is 0.592. The van der Waals surface area contributed by atoms with Crippen LogP contribution in [0.3, 0.4) is 0 Å². The maximum atomic E-state index is 12.9. The summed E-state index contributed by atoms with van der Waals surface area (Å²) in [5.74, 6) is -0.114. The molecule has 2 N–H and O–H groups in total. The smallest absolute Gasteiger partial charge is 0.407 e. The highest BCUT2D eigenvalue weighted by molar-refractivity contribution is 5.73.